The van der Waals surface area contributed by atoms with Crippen LogP contribution in [0.25, 0.3) is 0 Å². The Morgan fingerprint density at radius 3 is 2.70 bits per heavy atom. The second-order valence-corrected chi connectivity index (χ2v) is 8.39. The molecule has 1 unspecified atom stereocenters. The van der Waals surface area contributed by atoms with Crippen LogP contribution < -0.4 is 10.7 Å². The van der Waals surface area contributed by atoms with Gasteiger partial charge in [-0.1, -0.05) is 26.0 Å². The zero-order chi connectivity index (χ0) is 21.6. The number of carbonyl (C=O) groups is 2. The van der Waals surface area contributed by atoms with E-state index < -0.39 is 35.0 Å². The van der Waals surface area contributed by atoms with Crippen LogP contribution in [0.3, 0.4) is 0 Å². The van der Waals surface area contributed by atoms with E-state index in [0.29, 0.717) is 18.7 Å². The van der Waals surface area contributed by atoms with Crippen LogP contribution in [0.15, 0.2) is 35.3 Å². The highest BCUT2D eigenvalue weighted by molar-refractivity contribution is 5.99. The minimum atomic E-state index is -0.915. The molecule has 2 amide bonds. The molecular weight excluding hydrogens is 393 g/mol. The normalized spacial score (nSPS) is 19.8. The number of fused-ring (bicyclic) bond motifs is 2. The molecule has 158 valence electrons. The van der Waals surface area contributed by atoms with Crippen molar-refractivity contribution in [2.24, 2.45) is 5.41 Å². The van der Waals surface area contributed by atoms with Gasteiger partial charge >= 0.3 is 0 Å². The lowest BCUT2D eigenvalue weighted by atomic mass is 9.91. The fourth-order valence-electron chi connectivity index (χ4n) is 3.74. The van der Waals surface area contributed by atoms with Crippen molar-refractivity contribution in [1.82, 2.24) is 14.8 Å². The molecule has 1 aromatic heterocycles. The summed E-state index contributed by atoms with van der Waals surface area (Å²) < 4.78 is 20.2. The number of hydrogen-bond donors (Lipinski definition) is 2. The Kier molecular flexibility index (Phi) is 4.85. The van der Waals surface area contributed by atoms with Crippen molar-refractivity contribution in [3.05, 3.63) is 63.3 Å². The second kappa shape index (κ2) is 7.24. The molecule has 1 fully saturated rings. The maximum Gasteiger partial charge on any atom is 0.276 e. The van der Waals surface area contributed by atoms with Gasteiger partial charge in [0.1, 0.15) is 11.4 Å². The van der Waals surface area contributed by atoms with E-state index in [9.17, 15) is 23.9 Å². The second-order valence-electron chi connectivity index (χ2n) is 8.39. The predicted octanol–water partition coefficient (Wildman–Crippen LogP) is 1.46. The van der Waals surface area contributed by atoms with Gasteiger partial charge in [0.2, 0.25) is 5.43 Å². The van der Waals surface area contributed by atoms with Crippen LogP contribution in [0.5, 0.6) is 5.75 Å². The van der Waals surface area contributed by atoms with Gasteiger partial charge in [0.15, 0.2) is 17.7 Å². The first-order valence-corrected chi connectivity index (χ1v) is 9.58. The van der Waals surface area contributed by atoms with Gasteiger partial charge in [0.25, 0.3) is 11.8 Å². The van der Waals surface area contributed by atoms with Crippen molar-refractivity contribution in [1.29, 1.82) is 0 Å². The topological polar surface area (TPSA) is 101 Å². The van der Waals surface area contributed by atoms with Crippen LogP contribution >= 0.6 is 0 Å². The number of benzene rings is 1. The maximum absolute atomic E-state index is 13.0. The molecular formula is C21H22FN3O5. The van der Waals surface area contributed by atoms with E-state index >= 15 is 0 Å². The maximum atomic E-state index is 13.0. The summed E-state index contributed by atoms with van der Waals surface area (Å²) in [6, 6.07) is 5.57. The minimum absolute atomic E-state index is 0.0780. The summed E-state index contributed by atoms with van der Waals surface area (Å²) in [4.78, 5) is 39.6. The van der Waals surface area contributed by atoms with E-state index in [0.717, 1.165) is 0 Å². The first kappa shape index (κ1) is 20.1. The van der Waals surface area contributed by atoms with Crippen LogP contribution in [-0.2, 0) is 17.8 Å². The SMILES string of the molecule is CC1(C)COC2Cn3cc(C(=O)NCc4ccc(F)cc4)c(=O)c(O)c3C(=O)N2C1. The Bertz CT molecular complexity index is 1080. The Labute approximate surface area is 171 Å². The molecule has 8 nitrogen and oxygen atoms in total. The van der Waals surface area contributed by atoms with Crippen LogP contribution in [0.2, 0.25) is 0 Å². The Morgan fingerprint density at radius 1 is 1.30 bits per heavy atom. The number of aromatic hydroxyl groups is 1. The van der Waals surface area contributed by atoms with E-state index in [1.165, 1.54) is 39.9 Å². The Balaban J connectivity index is 1.61. The number of aromatic nitrogens is 1. The molecule has 2 N–H and O–H groups in total. The number of amides is 2. The number of nitrogens with one attached hydrogen (secondary N) is 1. The van der Waals surface area contributed by atoms with Crippen LogP contribution in [0.4, 0.5) is 4.39 Å². The monoisotopic (exact) mass is 415 g/mol. The van der Waals surface area contributed by atoms with Crippen molar-refractivity contribution in [2.45, 2.75) is 33.2 Å². The molecule has 30 heavy (non-hydrogen) atoms. The van der Waals surface area contributed by atoms with Gasteiger partial charge in [-0.25, -0.2) is 4.39 Å². The standard InChI is InChI=1S/C21H22FN3O5/c1-21(2)10-25-15(30-11-21)9-24-8-14(17(26)18(27)16(24)20(25)29)19(28)23-7-12-3-5-13(22)6-4-12/h3-6,8,15,27H,7,9-11H2,1-2H3,(H,23,28). The zero-order valence-electron chi connectivity index (χ0n) is 16.6. The third-order valence-electron chi connectivity index (χ3n) is 5.30. The van der Waals surface area contributed by atoms with Gasteiger partial charge < -0.3 is 24.6 Å². The van der Waals surface area contributed by atoms with E-state index in [4.69, 9.17) is 4.74 Å². The number of pyridine rings is 1. The average Bonchev–Trinajstić information content (AvgIpc) is 2.70. The average molecular weight is 415 g/mol. The largest absolute Gasteiger partial charge is 0.503 e. The number of hydrogen-bond acceptors (Lipinski definition) is 5. The van der Waals surface area contributed by atoms with Gasteiger partial charge in [-0.15, -0.1) is 0 Å². The minimum Gasteiger partial charge on any atom is -0.503 e. The summed E-state index contributed by atoms with van der Waals surface area (Å²) >= 11 is 0. The number of nitrogens with zero attached hydrogens (tertiary/aromatic N) is 2. The van der Waals surface area contributed by atoms with Crippen LogP contribution in [0.1, 0.15) is 40.3 Å². The first-order chi connectivity index (χ1) is 14.2. The van der Waals surface area contributed by atoms with Crippen molar-refractivity contribution in [2.75, 3.05) is 13.2 Å². The van der Waals surface area contributed by atoms with Crippen molar-refractivity contribution >= 4 is 11.8 Å². The van der Waals surface area contributed by atoms with E-state index in [1.807, 2.05) is 13.8 Å². The van der Waals surface area contributed by atoms with Gasteiger partial charge in [-0.05, 0) is 17.7 Å². The third-order valence-corrected chi connectivity index (χ3v) is 5.30. The number of rotatable bonds is 3. The van der Waals surface area contributed by atoms with Crippen molar-refractivity contribution < 1.29 is 23.8 Å². The highest BCUT2D eigenvalue weighted by atomic mass is 19.1. The third kappa shape index (κ3) is 3.56. The molecule has 9 heteroatoms. The fraction of sp³-hybridized carbons (Fsp3) is 0.381. The summed E-state index contributed by atoms with van der Waals surface area (Å²) in [5.41, 5.74) is -0.939. The van der Waals surface area contributed by atoms with Crippen LogP contribution in [-0.4, -0.2) is 45.8 Å². The van der Waals surface area contributed by atoms with Crippen LogP contribution in [0, 0.1) is 11.2 Å². The molecule has 3 heterocycles. The van der Waals surface area contributed by atoms with E-state index in [2.05, 4.69) is 5.32 Å². The molecule has 0 aliphatic carbocycles. The first-order valence-electron chi connectivity index (χ1n) is 9.58. The summed E-state index contributed by atoms with van der Waals surface area (Å²) in [7, 11) is 0. The fourth-order valence-corrected chi connectivity index (χ4v) is 3.74. The molecule has 1 atom stereocenters. The summed E-state index contributed by atoms with van der Waals surface area (Å²) in [5.74, 6) is -2.35. The van der Waals surface area contributed by atoms with Gasteiger partial charge in [0, 0.05) is 24.7 Å². The molecule has 2 aromatic rings. The van der Waals surface area contributed by atoms with Gasteiger partial charge in [-0.3, -0.25) is 14.4 Å². The van der Waals surface area contributed by atoms with E-state index in [1.54, 1.807) is 0 Å². The number of ether oxygens (including phenoxy) is 1. The molecule has 2 aliphatic heterocycles. The molecule has 1 aromatic carbocycles. The van der Waals surface area contributed by atoms with Crippen molar-refractivity contribution in [3.8, 4) is 5.75 Å². The zero-order valence-corrected chi connectivity index (χ0v) is 16.6. The lowest BCUT2D eigenvalue weighted by Gasteiger charge is -2.46. The number of halogens is 1. The summed E-state index contributed by atoms with van der Waals surface area (Å²) in [6.45, 7) is 5.11. The molecule has 2 aliphatic rings. The smallest absolute Gasteiger partial charge is 0.276 e. The Hall–Kier alpha value is -3.20. The Morgan fingerprint density at radius 2 is 2.00 bits per heavy atom. The molecule has 0 saturated carbocycles. The van der Waals surface area contributed by atoms with Gasteiger partial charge in [-0.2, -0.15) is 0 Å². The molecule has 4 rings (SSSR count). The quantitative estimate of drug-likeness (QED) is 0.791. The summed E-state index contributed by atoms with van der Waals surface area (Å²) in [5, 5.41) is 13.0. The lowest BCUT2D eigenvalue weighted by molar-refractivity contribution is -0.137. The van der Waals surface area contributed by atoms with Gasteiger partial charge in [0.05, 0.1) is 13.2 Å². The summed E-state index contributed by atoms with van der Waals surface area (Å²) in [6.07, 6.45) is 0.741. The molecule has 0 bridgehead atoms. The predicted molar refractivity (Wildman–Crippen MR) is 104 cm³/mol. The molecule has 0 spiro atoms. The van der Waals surface area contributed by atoms with E-state index in [-0.39, 0.29) is 29.8 Å². The highest BCUT2D eigenvalue weighted by Gasteiger charge is 2.42. The number of carbonyl (C=O) groups excluding carboxylic acids is 2. The molecule has 0 radical (unpaired) electrons. The lowest BCUT2D eigenvalue weighted by Crippen LogP contribution is -2.58. The highest BCUT2D eigenvalue weighted by Crippen LogP contribution is 2.32. The molecule has 1 saturated heterocycles. The van der Waals surface area contributed by atoms with Crippen molar-refractivity contribution in [3.63, 3.8) is 0 Å².